The number of hydrogen-bond acceptors (Lipinski definition) is 8. The van der Waals surface area contributed by atoms with Crippen molar-refractivity contribution in [2.75, 3.05) is 25.5 Å². The van der Waals surface area contributed by atoms with Crippen molar-refractivity contribution < 1.29 is 9.13 Å². The molecule has 1 aliphatic heterocycles. The van der Waals surface area contributed by atoms with Crippen molar-refractivity contribution in [2.45, 2.75) is 39.0 Å². The monoisotopic (exact) mass is 462 g/mol. The van der Waals surface area contributed by atoms with Crippen LogP contribution >= 0.6 is 0 Å². The number of ether oxygens (including phenoxy) is 1. The number of halogens is 1. The van der Waals surface area contributed by atoms with E-state index < -0.39 is 6.17 Å². The van der Waals surface area contributed by atoms with Crippen LogP contribution < -0.4 is 10.1 Å². The van der Waals surface area contributed by atoms with Crippen LogP contribution in [0.2, 0.25) is 0 Å². The van der Waals surface area contributed by atoms with Gasteiger partial charge in [-0.25, -0.2) is 29.3 Å². The number of imidazole rings is 1. The molecule has 4 aromatic rings. The zero-order chi connectivity index (χ0) is 23.7. The van der Waals surface area contributed by atoms with Crippen LogP contribution in [0.15, 0.2) is 43.0 Å². The lowest BCUT2D eigenvalue weighted by Gasteiger charge is -2.14. The van der Waals surface area contributed by atoms with Gasteiger partial charge in [0.2, 0.25) is 11.8 Å². The molecule has 1 N–H and O–H groups in total. The quantitative estimate of drug-likeness (QED) is 0.438. The summed E-state index contributed by atoms with van der Waals surface area (Å²) in [6, 6.07) is 7.87. The number of alkyl halides is 1. The second kappa shape index (κ2) is 9.30. The van der Waals surface area contributed by atoms with E-state index in [1.165, 1.54) is 0 Å². The molecular formula is C24H27FN8O. The Hall–Kier alpha value is -3.66. The van der Waals surface area contributed by atoms with Crippen LogP contribution in [-0.2, 0) is 6.54 Å². The summed E-state index contributed by atoms with van der Waals surface area (Å²) in [5.74, 6) is 1.50. The average molecular weight is 463 g/mol. The molecule has 1 fully saturated rings. The minimum Gasteiger partial charge on any atom is -0.479 e. The topological polar surface area (TPSA) is 93.9 Å². The first-order chi connectivity index (χ1) is 16.5. The number of nitrogens with one attached hydrogen (secondary N) is 1. The van der Waals surface area contributed by atoms with Gasteiger partial charge in [0.05, 0.1) is 30.3 Å². The zero-order valence-corrected chi connectivity index (χ0v) is 19.4. The summed E-state index contributed by atoms with van der Waals surface area (Å²) in [6.07, 6.45) is 5.15. The van der Waals surface area contributed by atoms with Gasteiger partial charge < -0.3 is 14.6 Å². The van der Waals surface area contributed by atoms with Gasteiger partial charge in [-0.05, 0) is 44.0 Å². The Balaban J connectivity index is 1.36. The molecule has 0 aliphatic carbocycles. The van der Waals surface area contributed by atoms with Crippen molar-refractivity contribution in [1.29, 1.82) is 0 Å². The molecule has 4 aromatic heterocycles. The first kappa shape index (κ1) is 22.1. The Kier molecular flexibility index (Phi) is 6.06. The standard InChI is InChI=1S/C24H27FN8O/c1-15(2)33-14-28-22-20(33)10-19(29-23(22)34-3)18-6-8-26-24(30-18)31-21-5-4-16(11-27-21)12-32-9-7-17(25)13-32/h4-6,8,10-11,14-15,17H,7,9,12-13H2,1-3H3,(H,26,27,30,31). The Morgan fingerprint density at radius 2 is 2.03 bits per heavy atom. The normalized spacial score (nSPS) is 16.4. The van der Waals surface area contributed by atoms with E-state index in [1.54, 1.807) is 31.9 Å². The molecule has 5 heterocycles. The third-order valence-electron chi connectivity index (χ3n) is 5.88. The predicted octanol–water partition coefficient (Wildman–Crippen LogP) is 4.16. The van der Waals surface area contributed by atoms with Crippen LogP contribution in [0, 0.1) is 0 Å². The number of nitrogens with zero attached hydrogens (tertiary/aromatic N) is 7. The van der Waals surface area contributed by atoms with Gasteiger partial charge in [0.25, 0.3) is 0 Å². The van der Waals surface area contributed by atoms with E-state index in [0.717, 1.165) is 17.6 Å². The summed E-state index contributed by atoms with van der Waals surface area (Å²) in [5, 5.41) is 3.15. The van der Waals surface area contributed by atoms with Crippen LogP contribution in [0.1, 0.15) is 31.9 Å². The molecule has 0 saturated carbocycles. The molecule has 0 spiro atoms. The van der Waals surface area contributed by atoms with Crippen LogP contribution in [0.3, 0.4) is 0 Å². The molecule has 1 unspecified atom stereocenters. The van der Waals surface area contributed by atoms with Gasteiger partial charge in [-0.2, -0.15) is 0 Å². The number of pyridine rings is 2. The Morgan fingerprint density at radius 1 is 1.15 bits per heavy atom. The lowest BCUT2D eigenvalue weighted by molar-refractivity contribution is 0.282. The van der Waals surface area contributed by atoms with Crippen molar-refractivity contribution in [3.8, 4) is 17.3 Å². The van der Waals surface area contributed by atoms with E-state index in [2.05, 4.69) is 53.6 Å². The van der Waals surface area contributed by atoms with E-state index >= 15 is 0 Å². The highest BCUT2D eigenvalue weighted by atomic mass is 19.1. The van der Waals surface area contributed by atoms with Gasteiger partial charge in [-0.3, -0.25) is 4.90 Å². The predicted molar refractivity (Wildman–Crippen MR) is 128 cm³/mol. The molecule has 0 aromatic carbocycles. The van der Waals surface area contributed by atoms with Gasteiger partial charge in [0.15, 0.2) is 5.52 Å². The minimum atomic E-state index is -0.723. The number of rotatable bonds is 7. The second-order valence-corrected chi connectivity index (χ2v) is 8.69. The molecule has 1 atom stereocenters. The third-order valence-corrected chi connectivity index (χ3v) is 5.88. The van der Waals surface area contributed by atoms with Gasteiger partial charge in [0.1, 0.15) is 12.0 Å². The third kappa shape index (κ3) is 4.54. The summed E-state index contributed by atoms with van der Waals surface area (Å²) in [6.45, 7) is 6.17. The number of methoxy groups -OCH3 is 1. The molecule has 1 saturated heterocycles. The Labute approximate surface area is 197 Å². The molecule has 0 radical (unpaired) electrons. The molecule has 34 heavy (non-hydrogen) atoms. The van der Waals surface area contributed by atoms with Crippen molar-refractivity contribution in [3.63, 3.8) is 0 Å². The van der Waals surface area contributed by atoms with Crippen molar-refractivity contribution in [2.24, 2.45) is 0 Å². The fraction of sp³-hybridized carbons (Fsp3) is 0.375. The lowest BCUT2D eigenvalue weighted by atomic mass is 10.2. The maximum atomic E-state index is 13.4. The number of anilines is 2. The lowest BCUT2D eigenvalue weighted by Crippen LogP contribution is -2.20. The fourth-order valence-corrected chi connectivity index (χ4v) is 4.14. The number of fused-ring (bicyclic) bond motifs is 1. The molecule has 1 aliphatic rings. The summed E-state index contributed by atoms with van der Waals surface area (Å²) < 4.78 is 21.0. The van der Waals surface area contributed by atoms with Gasteiger partial charge >= 0.3 is 0 Å². The molecule has 176 valence electrons. The van der Waals surface area contributed by atoms with Gasteiger partial charge in [-0.15, -0.1) is 0 Å². The molecule has 0 amide bonds. The second-order valence-electron chi connectivity index (χ2n) is 8.69. The molecular weight excluding hydrogens is 435 g/mol. The Bertz CT molecular complexity index is 1290. The highest BCUT2D eigenvalue weighted by Crippen LogP contribution is 2.29. The summed E-state index contributed by atoms with van der Waals surface area (Å²) >= 11 is 0. The van der Waals surface area contributed by atoms with Gasteiger partial charge in [-0.1, -0.05) is 6.07 Å². The van der Waals surface area contributed by atoms with Crippen LogP contribution in [0.4, 0.5) is 16.2 Å². The van der Waals surface area contributed by atoms with E-state index in [9.17, 15) is 4.39 Å². The minimum absolute atomic E-state index is 0.241. The first-order valence-electron chi connectivity index (χ1n) is 11.3. The van der Waals surface area contributed by atoms with Crippen molar-refractivity contribution in [1.82, 2.24) is 34.4 Å². The maximum Gasteiger partial charge on any atom is 0.242 e. The highest BCUT2D eigenvalue weighted by molar-refractivity contribution is 5.84. The molecule has 10 heteroatoms. The average Bonchev–Trinajstić information content (AvgIpc) is 3.46. The summed E-state index contributed by atoms with van der Waals surface area (Å²) in [5.41, 5.74) is 4.01. The van der Waals surface area contributed by atoms with Crippen molar-refractivity contribution in [3.05, 3.63) is 48.5 Å². The van der Waals surface area contributed by atoms with E-state index in [0.29, 0.717) is 54.1 Å². The van der Waals surface area contributed by atoms with Crippen LogP contribution in [-0.4, -0.2) is 60.8 Å². The van der Waals surface area contributed by atoms with E-state index in [-0.39, 0.29) is 6.04 Å². The van der Waals surface area contributed by atoms with Crippen LogP contribution in [0.25, 0.3) is 22.4 Å². The van der Waals surface area contributed by atoms with Crippen molar-refractivity contribution >= 4 is 22.8 Å². The summed E-state index contributed by atoms with van der Waals surface area (Å²) in [7, 11) is 1.59. The molecule has 5 rings (SSSR count). The summed E-state index contributed by atoms with van der Waals surface area (Å²) in [4.78, 5) is 24.6. The number of aromatic nitrogens is 6. The first-order valence-corrected chi connectivity index (χ1v) is 11.3. The highest BCUT2D eigenvalue weighted by Gasteiger charge is 2.21. The molecule has 0 bridgehead atoms. The van der Waals surface area contributed by atoms with Gasteiger partial charge in [0, 0.05) is 38.1 Å². The van der Waals surface area contributed by atoms with E-state index in [1.807, 2.05) is 18.2 Å². The van der Waals surface area contributed by atoms with E-state index in [4.69, 9.17) is 4.74 Å². The number of hydrogen-bond donors (Lipinski definition) is 1. The molecule has 9 nitrogen and oxygen atoms in total. The Morgan fingerprint density at radius 3 is 2.74 bits per heavy atom. The number of likely N-dealkylation sites (tertiary alicyclic amines) is 1. The smallest absolute Gasteiger partial charge is 0.242 e. The fourth-order valence-electron chi connectivity index (χ4n) is 4.14. The SMILES string of the molecule is COc1nc(-c2ccnc(Nc3ccc(CN4CCC(F)C4)cn3)n2)cc2c1ncn2C(C)C. The largest absolute Gasteiger partial charge is 0.479 e. The van der Waals surface area contributed by atoms with Crippen LogP contribution in [0.5, 0.6) is 5.88 Å². The maximum absolute atomic E-state index is 13.4. The zero-order valence-electron chi connectivity index (χ0n) is 19.4.